The fraction of sp³-hybridized carbons (Fsp3) is 0.538. The van der Waals surface area contributed by atoms with Crippen LogP contribution in [-0.4, -0.2) is 17.8 Å². The van der Waals surface area contributed by atoms with Gasteiger partial charge >= 0.3 is 0 Å². The lowest BCUT2D eigenvalue weighted by Gasteiger charge is -2.17. The quantitative estimate of drug-likeness (QED) is 0.789. The lowest BCUT2D eigenvalue weighted by atomic mass is 10.0. The van der Waals surface area contributed by atoms with Crippen molar-refractivity contribution in [3.8, 4) is 0 Å². The highest BCUT2D eigenvalue weighted by atomic mass is 16.3. The predicted octanol–water partition coefficient (Wildman–Crippen LogP) is 2.09. The first-order valence-electron chi connectivity index (χ1n) is 5.65. The van der Waals surface area contributed by atoms with E-state index in [1.807, 2.05) is 0 Å². The first kappa shape index (κ1) is 10.7. The van der Waals surface area contributed by atoms with E-state index in [0.717, 1.165) is 0 Å². The van der Waals surface area contributed by atoms with Crippen LogP contribution in [0.25, 0.3) is 0 Å². The average Bonchev–Trinajstić information content (AvgIpc) is 3.02. The van der Waals surface area contributed by atoms with Crippen molar-refractivity contribution < 1.29 is 5.11 Å². The monoisotopic (exact) mass is 205 g/mol. The van der Waals surface area contributed by atoms with Crippen molar-refractivity contribution in [2.45, 2.75) is 38.8 Å². The summed E-state index contributed by atoms with van der Waals surface area (Å²) in [6.07, 6.45) is 2.50. The molecular formula is C13H19NO. The van der Waals surface area contributed by atoms with Gasteiger partial charge in [-0.15, -0.1) is 0 Å². The Morgan fingerprint density at radius 1 is 1.33 bits per heavy atom. The molecule has 1 fully saturated rings. The van der Waals surface area contributed by atoms with Gasteiger partial charge < -0.3 is 10.4 Å². The Morgan fingerprint density at radius 2 is 2.07 bits per heavy atom. The standard InChI is InChI=1S/C13H19NO/c1-9-3-4-11(7-10(9)2)13(8-15)14-12-5-6-12/h3-4,7,12-15H,5-6,8H2,1-2H3. The predicted molar refractivity (Wildman–Crippen MR) is 61.9 cm³/mol. The van der Waals surface area contributed by atoms with Gasteiger partial charge in [-0.1, -0.05) is 18.2 Å². The molecule has 0 amide bonds. The fourth-order valence-electron chi connectivity index (χ4n) is 1.77. The van der Waals surface area contributed by atoms with Crippen molar-refractivity contribution in [1.29, 1.82) is 0 Å². The Kier molecular flexibility index (Phi) is 3.08. The van der Waals surface area contributed by atoms with Crippen LogP contribution in [0.15, 0.2) is 18.2 Å². The molecule has 0 aliphatic heterocycles. The fourth-order valence-corrected chi connectivity index (χ4v) is 1.77. The number of aryl methyl sites for hydroxylation is 2. The zero-order valence-corrected chi connectivity index (χ0v) is 9.46. The Bertz CT molecular complexity index is 344. The Hall–Kier alpha value is -0.860. The zero-order chi connectivity index (χ0) is 10.8. The van der Waals surface area contributed by atoms with Crippen LogP contribution >= 0.6 is 0 Å². The summed E-state index contributed by atoms with van der Waals surface area (Å²) in [5.41, 5.74) is 3.80. The van der Waals surface area contributed by atoms with Crippen LogP contribution in [0.5, 0.6) is 0 Å². The van der Waals surface area contributed by atoms with Crippen molar-refractivity contribution in [2.24, 2.45) is 0 Å². The third-order valence-electron chi connectivity index (χ3n) is 3.13. The summed E-state index contributed by atoms with van der Waals surface area (Å²) in [4.78, 5) is 0. The first-order valence-corrected chi connectivity index (χ1v) is 5.65. The molecule has 0 spiro atoms. The van der Waals surface area contributed by atoms with Crippen molar-refractivity contribution in [2.75, 3.05) is 6.61 Å². The SMILES string of the molecule is Cc1ccc(C(CO)NC2CC2)cc1C. The normalized spacial score (nSPS) is 17.8. The minimum Gasteiger partial charge on any atom is -0.394 e. The highest BCUT2D eigenvalue weighted by Crippen LogP contribution is 2.24. The van der Waals surface area contributed by atoms with E-state index >= 15 is 0 Å². The molecule has 1 aliphatic carbocycles. The minimum absolute atomic E-state index is 0.108. The van der Waals surface area contributed by atoms with Crippen molar-refractivity contribution in [3.05, 3.63) is 34.9 Å². The molecule has 82 valence electrons. The van der Waals surface area contributed by atoms with E-state index in [1.54, 1.807) is 0 Å². The van der Waals surface area contributed by atoms with Gasteiger partial charge in [0.2, 0.25) is 0 Å². The van der Waals surface area contributed by atoms with E-state index < -0.39 is 0 Å². The average molecular weight is 205 g/mol. The van der Waals surface area contributed by atoms with Crippen LogP contribution in [0.2, 0.25) is 0 Å². The van der Waals surface area contributed by atoms with E-state index in [9.17, 15) is 5.11 Å². The summed E-state index contributed by atoms with van der Waals surface area (Å²) in [6, 6.07) is 7.15. The smallest absolute Gasteiger partial charge is 0.0626 e. The molecule has 2 rings (SSSR count). The molecule has 0 heterocycles. The second kappa shape index (κ2) is 4.33. The second-order valence-corrected chi connectivity index (χ2v) is 4.52. The van der Waals surface area contributed by atoms with E-state index in [0.29, 0.717) is 6.04 Å². The summed E-state index contributed by atoms with van der Waals surface area (Å²) in [7, 11) is 0. The van der Waals surface area contributed by atoms with Gasteiger partial charge in [-0.3, -0.25) is 0 Å². The molecule has 1 aromatic carbocycles. The summed E-state index contributed by atoms with van der Waals surface area (Å²) >= 11 is 0. The maximum atomic E-state index is 9.35. The lowest BCUT2D eigenvalue weighted by Crippen LogP contribution is -2.26. The van der Waals surface area contributed by atoms with Gasteiger partial charge in [-0.25, -0.2) is 0 Å². The van der Waals surface area contributed by atoms with Crippen LogP contribution in [-0.2, 0) is 0 Å². The van der Waals surface area contributed by atoms with Crippen LogP contribution < -0.4 is 5.32 Å². The van der Waals surface area contributed by atoms with Gasteiger partial charge in [0.1, 0.15) is 0 Å². The molecule has 2 heteroatoms. The minimum atomic E-state index is 0.108. The lowest BCUT2D eigenvalue weighted by molar-refractivity contribution is 0.243. The van der Waals surface area contributed by atoms with E-state index in [1.165, 1.54) is 29.5 Å². The first-order chi connectivity index (χ1) is 7.20. The third kappa shape index (κ3) is 2.58. The maximum absolute atomic E-state index is 9.35. The molecule has 1 saturated carbocycles. The van der Waals surface area contributed by atoms with Gasteiger partial charge in [0.25, 0.3) is 0 Å². The number of rotatable bonds is 4. The molecule has 15 heavy (non-hydrogen) atoms. The third-order valence-corrected chi connectivity index (χ3v) is 3.13. The molecule has 2 N–H and O–H groups in total. The molecule has 1 unspecified atom stereocenters. The van der Waals surface area contributed by atoms with Gasteiger partial charge in [0.15, 0.2) is 0 Å². The Morgan fingerprint density at radius 3 is 2.60 bits per heavy atom. The van der Waals surface area contributed by atoms with Gasteiger partial charge in [0.05, 0.1) is 12.6 Å². The number of hydrogen-bond donors (Lipinski definition) is 2. The van der Waals surface area contributed by atoms with Crippen molar-refractivity contribution in [1.82, 2.24) is 5.32 Å². The van der Waals surface area contributed by atoms with Crippen LogP contribution in [0.3, 0.4) is 0 Å². The zero-order valence-electron chi connectivity index (χ0n) is 9.46. The number of hydrogen-bond acceptors (Lipinski definition) is 2. The van der Waals surface area contributed by atoms with Crippen LogP contribution in [0, 0.1) is 13.8 Å². The van der Waals surface area contributed by atoms with Crippen molar-refractivity contribution >= 4 is 0 Å². The molecule has 0 radical (unpaired) electrons. The Labute approximate surface area is 91.3 Å². The summed E-state index contributed by atoms with van der Waals surface area (Å²) in [5, 5.41) is 12.8. The summed E-state index contributed by atoms with van der Waals surface area (Å²) < 4.78 is 0. The van der Waals surface area contributed by atoms with E-state index in [2.05, 4.69) is 37.4 Å². The molecule has 0 saturated heterocycles. The summed E-state index contributed by atoms with van der Waals surface area (Å²) in [6.45, 7) is 4.41. The van der Waals surface area contributed by atoms with Crippen LogP contribution in [0.4, 0.5) is 0 Å². The molecule has 0 bridgehead atoms. The van der Waals surface area contributed by atoms with Crippen LogP contribution in [0.1, 0.15) is 35.6 Å². The number of nitrogens with one attached hydrogen (secondary N) is 1. The molecular weight excluding hydrogens is 186 g/mol. The highest BCUT2D eigenvalue weighted by Gasteiger charge is 2.24. The number of aliphatic hydroxyl groups is 1. The topological polar surface area (TPSA) is 32.3 Å². The van der Waals surface area contributed by atoms with Gasteiger partial charge in [-0.2, -0.15) is 0 Å². The number of benzene rings is 1. The number of aliphatic hydroxyl groups excluding tert-OH is 1. The highest BCUT2D eigenvalue weighted by molar-refractivity contribution is 5.31. The van der Waals surface area contributed by atoms with Gasteiger partial charge in [0, 0.05) is 6.04 Å². The second-order valence-electron chi connectivity index (χ2n) is 4.52. The van der Waals surface area contributed by atoms with Gasteiger partial charge in [-0.05, 0) is 43.4 Å². The van der Waals surface area contributed by atoms with Crippen molar-refractivity contribution in [3.63, 3.8) is 0 Å². The maximum Gasteiger partial charge on any atom is 0.0626 e. The molecule has 1 aliphatic rings. The Balaban J connectivity index is 2.13. The van der Waals surface area contributed by atoms with E-state index in [-0.39, 0.29) is 12.6 Å². The molecule has 0 aromatic heterocycles. The largest absolute Gasteiger partial charge is 0.394 e. The van der Waals surface area contributed by atoms with E-state index in [4.69, 9.17) is 0 Å². The molecule has 1 aromatic rings. The molecule has 1 atom stereocenters. The molecule has 2 nitrogen and oxygen atoms in total. The summed E-state index contributed by atoms with van der Waals surface area (Å²) in [5.74, 6) is 0.